The normalized spacial score (nSPS) is 18.0. The second kappa shape index (κ2) is 9.71. The molecule has 10 rings (SSSR count). The van der Waals surface area contributed by atoms with Crippen molar-refractivity contribution >= 4 is 53.6 Å². The van der Waals surface area contributed by atoms with Crippen molar-refractivity contribution in [2.75, 3.05) is 0 Å². The van der Waals surface area contributed by atoms with Crippen LogP contribution in [0.5, 0.6) is 0 Å². The zero-order chi connectivity index (χ0) is 42.4. The van der Waals surface area contributed by atoms with E-state index in [1.165, 1.54) is 27.9 Å². The zero-order valence-electron chi connectivity index (χ0n) is 37.4. The summed E-state index contributed by atoms with van der Waals surface area (Å²) in [6.45, 7) is -7.00. The van der Waals surface area contributed by atoms with Crippen LogP contribution in [0.1, 0.15) is 42.7 Å². The van der Waals surface area contributed by atoms with Crippen molar-refractivity contribution in [3.63, 3.8) is 0 Å². The number of nitrogens with zero attached hydrogens (tertiary/aromatic N) is 2. The van der Waals surface area contributed by atoms with E-state index < -0.39 is 83.7 Å². The van der Waals surface area contributed by atoms with Crippen LogP contribution in [0.2, 0.25) is 0 Å². The lowest BCUT2D eigenvalue weighted by molar-refractivity contribution is 0.660. The molecule has 47 heavy (non-hydrogen) atoms. The van der Waals surface area contributed by atoms with E-state index in [4.69, 9.17) is 19.5 Å². The van der Waals surface area contributed by atoms with Crippen molar-refractivity contribution in [3.8, 4) is 44.6 Å². The van der Waals surface area contributed by atoms with E-state index in [1.54, 1.807) is 23.5 Å². The van der Waals surface area contributed by atoms with E-state index in [1.807, 2.05) is 42.5 Å². The highest BCUT2D eigenvalue weighted by Gasteiger charge is 2.35. The maximum absolute atomic E-state index is 9.53. The van der Waals surface area contributed by atoms with Crippen molar-refractivity contribution in [3.05, 3.63) is 145 Å². The summed E-state index contributed by atoms with van der Waals surface area (Å²) in [6.07, 6.45) is 1.40. The van der Waals surface area contributed by atoms with Crippen molar-refractivity contribution in [2.24, 2.45) is 0 Å². The fourth-order valence-electron chi connectivity index (χ4n) is 6.67. The second-order valence-corrected chi connectivity index (χ2v) is 12.6. The molecule has 9 aromatic rings. The Bertz CT molecular complexity index is 3330. The van der Waals surface area contributed by atoms with E-state index in [-0.39, 0.29) is 11.1 Å². The molecule has 0 bridgehead atoms. The number of fused-ring (bicyclic) bond motifs is 9. The number of aromatic nitrogens is 2. The van der Waals surface area contributed by atoms with Crippen molar-refractivity contribution < 1.29 is 22.2 Å². The highest BCUT2D eigenvalue weighted by Crippen LogP contribution is 2.50. The summed E-state index contributed by atoms with van der Waals surface area (Å²) in [5.41, 5.74) is -1.19. The maximum Gasteiger partial charge on any atom is 0.180 e. The van der Waals surface area contributed by atoms with Crippen LogP contribution in [-0.2, 0) is 5.41 Å². The summed E-state index contributed by atoms with van der Waals surface area (Å²) >= 11 is 1.73. The van der Waals surface area contributed by atoms with E-state index in [9.17, 15) is 2.74 Å². The molecule has 0 N–H and O–H groups in total. The smallest absolute Gasteiger partial charge is 0.180 e. The number of furan rings is 1. The Morgan fingerprint density at radius 1 is 0.681 bits per heavy atom. The van der Waals surface area contributed by atoms with E-state index in [2.05, 4.69) is 34.2 Å². The lowest BCUT2D eigenvalue weighted by Gasteiger charge is -2.22. The zero-order valence-corrected chi connectivity index (χ0v) is 25.2. The molecule has 0 saturated carbocycles. The molecule has 0 saturated heterocycles. The predicted octanol–water partition coefficient (Wildman–Crippen LogP) is 12.1. The Balaban J connectivity index is 1.17. The molecule has 6 aromatic carbocycles. The molecule has 0 radical (unpaired) electrons. The minimum Gasteiger partial charge on any atom is -0.452 e. The molecular weight excluding hydrogens is 593 g/mol. The van der Waals surface area contributed by atoms with E-state index >= 15 is 0 Å². The topological polar surface area (TPSA) is 38.9 Å². The number of benzene rings is 6. The molecule has 3 aromatic heterocycles. The summed E-state index contributed by atoms with van der Waals surface area (Å²) < 4.78 is 123. The van der Waals surface area contributed by atoms with Crippen LogP contribution in [-0.4, -0.2) is 9.97 Å². The minimum atomic E-state index is -3.50. The molecule has 3 nitrogen and oxygen atoms in total. The SMILES string of the molecule is [2H]c1c([2H])c([2H])c2c(c1[2H])-c1c([2H])c([2H])c(-c3ccc4oc5c(-c6cccc(-c7cccc8c7sc7ccccc78)c6)ncnc5c4c3)c([2H])c1C2(C([2H])([2H])[2H])C([2H])([2H])[2H]. The van der Waals surface area contributed by atoms with Gasteiger partial charge in [-0.2, -0.15) is 0 Å². The van der Waals surface area contributed by atoms with Gasteiger partial charge < -0.3 is 4.42 Å². The largest absolute Gasteiger partial charge is 0.452 e. The first-order valence-corrected chi connectivity index (χ1v) is 15.7. The summed E-state index contributed by atoms with van der Waals surface area (Å²) in [7, 11) is 0. The van der Waals surface area contributed by atoms with Crippen LogP contribution in [0.3, 0.4) is 0 Å². The van der Waals surface area contributed by atoms with Crippen molar-refractivity contribution in [1.29, 1.82) is 0 Å². The number of thiophene rings is 1. The Hall–Kier alpha value is -5.58. The highest BCUT2D eigenvalue weighted by atomic mass is 32.1. The van der Waals surface area contributed by atoms with Crippen LogP contribution < -0.4 is 0 Å². The molecular formula is C43H28N2OS. The lowest BCUT2D eigenvalue weighted by Crippen LogP contribution is -2.14. The first-order valence-electron chi connectivity index (χ1n) is 21.4. The van der Waals surface area contributed by atoms with Gasteiger partial charge in [-0.1, -0.05) is 111 Å². The maximum atomic E-state index is 9.53. The molecule has 3 heterocycles. The molecule has 0 atom stereocenters. The summed E-state index contributed by atoms with van der Waals surface area (Å²) in [6, 6.07) is 22.0. The number of hydrogen-bond donors (Lipinski definition) is 0. The van der Waals surface area contributed by atoms with Gasteiger partial charge in [-0.3, -0.25) is 0 Å². The first kappa shape index (κ1) is 16.8. The first-order chi connectivity index (χ1) is 28.5. The van der Waals surface area contributed by atoms with Crippen LogP contribution in [0, 0.1) is 0 Å². The van der Waals surface area contributed by atoms with Crippen molar-refractivity contribution in [2.45, 2.75) is 19.1 Å². The molecule has 0 amide bonds. The van der Waals surface area contributed by atoms with Gasteiger partial charge in [0.2, 0.25) is 0 Å². The Kier molecular flexibility index (Phi) is 3.48. The number of hydrogen-bond acceptors (Lipinski definition) is 4. The fraction of sp³-hybridized carbons (Fsp3) is 0.0698. The molecule has 1 aliphatic rings. The van der Waals surface area contributed by atoms with Gasteiger partial charge >= 0.3 is 0 Å². The Morgan fingerprint density at radius 3 is 2.49 bits per heavy atom. The van der Waals surface area contributed by atoms with Crippen LogP contribution in [0.25, 0.3) is 86.9 Å². The standard InChI is InChI=1S/C43H28N2OS/c1-43(2)35-15-5-3-11-30(35)31-19-17-26(23-36(31)43)25-18-20-37-34(22-25)40-41(46-37)39(44-24-45-40)28-10-7-9-27(21-28)29-13-8-14-33-32-12-4-6-16-38(32)47-42(29)33/h3-24H,1-2H3/i1D3,2D3,3D,5D,11D,15D,17D,19D,23D. The van der Waals surface area contributed by atoms with Gasteiger partial charge in [0.15, 0.2) is 5.58 Å². The lowest BCUT2D eigenvalue weighted by atomic mass is 9.81. The second-order valence-electron chi connectivity index (χ2n) is 11.6. The average molecular weight is 634 g/mol. The van der Waals surface area contributed by atoms with Gasteiger partial charge in [-0.15, -0.1) is 11.3 Å². The third-order valence-corrected chi connectivity index (χ3v) is 10.1. The minimum absolute atomic E-state index is 0.163. The predicted molar refractivity (Wildman–Crippen MR) is 196 cm³/mol. The quantitative estimate of drug-likeness (QED) is 0.194. The van der Waals surface area contributed by atoms with Gasteiger partial charge in [0.25, 0.3) is 0 Å². The molecule has 222 valence electrons. The molecule has 0 fully saturated rings. The van der Waals surface area contributed by atoms with Gasteiger partial charge in [-0.25, -0.2) is 9.97 Å². The van der Waals surface area contributed by atoms with Crippen LogP contribution in [0.15, 0.2) is 138 Å². The van der Waals surface area contributed by atoms with Crippen molar-refractivity contribution in [1.82, 2.24) is 9.97 Å². The molecule has 0 spiro atoms. The van der Waals surface area contributed by atoms with E-state index in [0.29, 0.717) is 27.8 Å². The van der Waals surface area contributed by atoms with Gasteiger partial charge in [-0.05, 0) is 74.8 Å². The molecule has 0 unspecified atom stereocenters. The highest BCUT2D eigenvalue weighted by molar-refractivity contribution is 7.26. The van der Waals surface area contributed by atoms with Gasteiger partial charge in [0, 0.05) is 44.8 Å². The molecule has 1 aliphatic carbocycles. The average Bonchev–Trinajstić information content (AvgIpc) is 3.90. The Morgan fingerprint density at radius 2 is 1.53 bits per heavy atom. The van der Waals surface area contributed by atoms with Gasteiger partial charge in [0.1, 0.15) is 23.1 Å². The van der Waals surface area contributed by atoms with E-state index in [0.717, 1.165) is 21.4 Å². The molecule has 4 heteroatoms. The van der Waals surface area contributed by atoms with Crippen LogP contribution >= 0.6 is 11.3 Å². The fourth-order valence-corrected chi connectivity index (χ4v) is 7.91. The third-order valence-electron chi connectivity index (χ3n) is 8.89. The summed E-state index contributed by atoms with van der Waals surface area (Å²) in [5, 5.41) is 2.81. The monoisotopic (exact) mass is 633 g/mol. The summed E-state index contributed by atoms with van der Waals surface area (Å²) in [5.74, 6) is 0. The van der Waals surface area contributed by atoms with Gasteiger partial charge in [0.05, 0.1) is 9.60 Å². The summed E-state index contributed by atoms with van der Waals surface area (Å²) in [4.78, 5) is 9.17. The third kappa shape index (κ3) is 3.85. The molecule has 0 aliphatic heterocycles. The number of rotatable bonds is 3. The Labute approximate surface area is 294 Å². The van der Waals surface area contributed by atoms with Crippen LogP contribution in [0.4, 0.5) is 0 Å².